The number of rotatable bonds is 4. The van der Waals surface area contributed by atoms with E-state index in [1.54, 1.807) is 0 Å². The van der Waals surface area contributed by atoms with Gasteiger partial charge in [0.05, 0.1) is 6.10 Å². The van der Waals surface area contributed by atoms with Crippen LogP contribution >= 0.6 is 0 Å². The van der Waals surface area contributed by atoms with Gasteiger partial charge >= 0.3 is 0 Å². The molecule has 0 aromatic heterocycles. The average Bonchev–Trinajstić information content (AvgIpc) is 2.47. The lowest BCUT2D eigenvalue weighted by atomic mass is 9.74. The third kappa shape index (κ3) is 2.29. The van der Waals surface area contributed by atoms with Crippen molar-refractivity contribution in [3.05, 3.63) is 0 Å². The molecule has 0 aliphatic heterocycles. The first-order chi connectivity index (χ1) is 6.53. The summed E-state index contributed by atoms with van der Waals surface area (Å²) in [5.74, 6) is 0.744. The van der Waals surface area contributed by atoms with Crippen molar-refractivity contribution in [3.63, 3.8) is 0 Å². The quantitative estimate of drug-likeness (QED) is 0.729. The predicted molar refractivity (Wildman–Crippen MR) is 60.0 cm³/mol. The molecular weight excluding hydrogens is 174 g/mol. The Morgan fingerprint density at radius 1 is 1.50 bits per heavy atom. The highest BCUT2D eigenvalue weighted by molar-refractivity contribution is 4.91. The standard InChI is InChI=1S/C12H25NO/c1-4-9(8-13)11(14)10-6-5-7-12(10,2)3/h9-11,14H,4-8,13H2,1-3H3. The van der Waals surface area contributed by atoms with Gasteiger partial charge in [0.2, 0.25) is 0 Å². The molecule has 1 saturated carbocycles. The highest BCUT2D eigenvalue weighted by atomic mass is 16.3. The Bertz CT molecular complexity index is 175. The number of aliphatic hydroxyl groups is 1. The molecule has 0 spiro atoms. The first kappa shape index (κ1) is 12.0. The lowest BCUT2D eigenvalue weighted by Gasteiger charge is -2.34. The summed E-state index contributed by atoms with van der Waals surface area (Å²) >= 11 is 0. The van der Waals surface area contributed by atoms with Gasteiger partial charge in [-0.15, -0.1) is 0 Å². The molecule has 0 radical (unpaired) electrons. The predicted octanol–water partition coefficient (Wildman–Crippen LogP) is 2.16. The Hall–Kier alpha value is -0.0800. The topological polar surface area (TPSA) is 46.2 Å². The van der Waals surface area contributed by atoms with Crippen LogP contribution in [-0.4, -0.2) is 17.8 Å². The maximum Gasteiger partial charge on any atom is 0.0613 e. The summed E-state index contributed by atoms with van der Waals surface area (Å²) < 4.78 is 0. The maximum absolute atomic E-state index is 10.3. The third-order valence-electron chi connectivity index (χ3n) is 4.06. The molecular formula is C12H25NO. The maximum atomic E-state index is 10.3. The highest BCUT2D eigenvalue weighted by Gasteiger charge is 2.40. The summed E-state index contributed by atoms with van der Waals surface area (Å²) in [6.45, 7) is 7.28. The zero-order chi connectivity index (χ0) is 10.8. The summed E-state index contributed by atoms with van der Waals surface area (Å²) in [5, 5.41) is 10.3. The second kappa shape index (κ2) is 4.63. The van der Waals surface area contributed by atoms with Crippen LogP contribution in [-0.2, 0) is 0 Å². The molecule has 84 valence electrons. The van der Waals surface area contributed by atoms with Gasteiger partial charge in [-0.2, -0.15) is 0 Å². The van der Waals surface area contributed by atoms with Gasteiger partial charge in [0.1, 0.15) is 0 Å². The number of hydrogen-bond donors (Lipinski definition) is 2. The summed E-state index contributed by atoms with van der Waals surface area (Å²) in [7, 11) is 0. The van der Waals surface area contributed by atoms with Crippen LogP contribution in [0.15, 0.2) is 0 Å². The van der Waals surface area contributed by atoms with E-state index >= 15 is 0 Å². The Kier molecular flexibility index (Phi) is 3.96. The van der Waals surface area contributed by atoms with Gasteiger partial charge in [-0.05, 0) is 43.1 Å². The molecule has 0 heterocycles. The smallest absolute Gasteiger partial charge is 0.0613 e. The number of hydrogen-bond acceptors (Lipinski definition) is 2. The minimum absolute atomic E-state index is 0.192. The van der Waals surface area contributed by atoms with Crippen LogP contribution in [0.3, 0.4) is 0 Å². The van der Waals surface area contributed by atoms with Crippen molar-refractivity contribution in [3.8, 4) is 0 Å². The lowest BCUT2D eigenvalue weighted by molar-refractivity contribution is 0.0103. The van der Waals surface area contributed by atoms with Gasteiger partial charge in [-0.1, -0.05) is 27.2 Å². The van der Waals surface area contributed by atoms with Crippen LogP contribution in [0.2, 0.25) is 0 Å². The minimum atomic E-state index is -0.192. The Morgan fingerprint density at radius 2 is 2.14 bits per heavy atom. The summed E-state index contributed by atoms with van der Waals surface area (Å²) in [6.07, 6.45) is 4.47. The van der Waals surface area contributed by atoms with E-state index in [-0.39, 0.29) is 12.0 Å². The van der Waals surface area contributed by atoms with E-state index in [2.05, 4.69) is 20.8 Å². The fourth-order valence-corrected chi connectivity index (χ4v) is 2.86. The van der Waals surface area contributed by atoms with E-state index in [0.29, 0.717) is 17.9 Å². The molecule has 0 aromatic rings. The first-order valence-electron chi connectivity index (χ1n) is 5.91. The molecule has 0 aromatic carbocycles. The normalized spacial score (nSPS) is 30.2. The van der Waals surface area contributed by atoms with Crippen LogP contribution in [0.4, 0.5) is 0 Å². The van der Waals surface area contributed by atoms with Gasteiger partial charge in [-0.25, -0.2) is 0 Å². The van der Waals surface area contributed by atoms with Crippen LogP contribution in [0, 0.1) is 17.3 Å². The second-order valence-electron chi connectivity index (χ2n) is 5.38. The Labute approximate surface area is 87.9 Å². The van der Waals surface area contributed by atoms with Crippen molar-refractivity contribution < 1.29 is 5.11 Å². The lowest BCUT2D eigenvalue weighted by Crippen LogP contribution is -2.38. The van der Waals surface area contributed by atoms with Crippen molar-refractivity contribution in [2.45, 2.75) is 52.6 Å². The molecule has 0 saturated heterocycles. The monoisotopic (exact) mass is 199 g/mol. The molecule has 1 aliphatic carbocycles. The molecule has 1 aliphatic rings. The van der Waals surface area contributed by atoms with Crippen LogP contribution in [0.1, 0.15) is 46.5 Å². The molecule has 3 N–H and O–H groups in total. The molecule has 1 rings (SSSR count). The highest BCUT2D eigenvalue weighted by Crippen LogP contribution is 2.45. The second-order valence-corrected chi connectivity index (χ2v) is 5.38. The first-order valence-corrected chi connectivity index (χ1v) is 5.91. The molecule has 3 atom stereocenters. The summed E-state index contributed by atoms with van der Waals surface area (Å²) in [5.41, 5.74) is 5.99. The van der Waals surface area contributed by atoms with Crippen molar-refractivity contribution in [2.24, 2.45) is 23.0 Å². The fourth-order valence-electron chi connectivity index (χ4n) is 2.86. The van der Waals surface area contributed by atoms with E-state index < -0.39 is 0 Å². The minimum Gasteiger partial charge on any atom is -0.392 e. The molecule has 3 unspecified atom stereocenters. The van der Waals surface area contributed by atoms with E-state index in [4.69, 9.17) is 5.73 Å². The SMILES string of the molecule is CCC(CN)C(O)C1CCCC1(C)C. The van der Waals surface area contributed by atoms with Gasteiger partial charge in [0, 0.05) is 0 Å². The third-order valence-corrected chi connectivity index (χ3v) is 4.06. The molecule has 0 bridgehead atoms. The van der Waals surface area contributed by atoms with Crippen LogP contribution in [0.25, 0.3) is 0 Å². The molecule has 0 amide bonds. The fraction of sp³-hybridized carbons (Fsp3) is 1.00. The van der Waals surface area contributed by atoms with E-state index in [9.17, 15) is 5.11 Å². The molecule has 2 heteroatoms. The average molecular weight is 199 g/mol. The van der Waals surface area contributed by atoms with Crippen molar-refractivity contribution in [1.82, 2.24) is 0 Å². The zero-order valence-corrected chi connectivity index (χ0v) is 9.79. The van der Waals surface area contributed by atoms with Gasteiger partial charge in [0.25, 0.3) is 0 Å². The van der Waals surface area contributed by atoms with Crippen molar-refractivity contribution in [2.75, 3.05) is 6.54 Å². The van der Waals surface area contributed by atoms with Gasteiger partial charge in [-0.3, -0.25) is 0 Å². The van der Waals surface area contributed by atoms with Crippen LogP contribution in [0.5, 0.6) is 0 Å². The summed E-state index contributed by atoms with van der Waals surface area (Å²) in [6, 6.07) is 0. The largest absolute Gasteiger partial charge is 0.392 e. The van der Waals surface area contributed by atoms with Gasteiger partial charge in [0.15, 0.2) is 0 Å². The van der Waals surface area contributed by atoms with Crippen molar-refractivity contribution in [1.29, 1.82) is 0 Å². The van der Waals surface area contributed by atoms with E-state index in [1.807, 2.05) is 0 Å². The van der Waals surface area contributed by atoms with E-state index in [0.717, 1.165) is 6.42 Å². The zero-order valence-electron chi connectivity index (χ0n) is 9.79. The summed E-state index contributed by atoms with van der Waals surface area (Å²) in [4.78, 5) is 0. The van der Waals surface area contributed by atoms with Crippen LogP contribution < -0.4 is 5.73 Å². The Balaban J connectivity index is 2.63. The molecule has 2 nitrogen and oxygen atoms in total. The number of aliphatic hydroxyl groups excluding tert-OH is 1. The van der Waals surface area contributed by atoms with Crippen molar-refractivity contribution >= 4 is 0 Å². The number of nitrogens with two attached hydrogens (primary N) is 1. The van der Waals surface area contributed by atoms with E-state index in [1.165, 1.54) is 19.3 Å². The Morgan fingerprint density at radius 3 is 2.50 bits per heavy atom. The molecule has 1 fully saturated rings. The molecule has 14 heavy (non-hydrogen) atoms. The van der Waals surface area contributed by atoms with Gasteiger partial charge < -0.3 is 10.8 Å².